The van der Waals surface area contributed by atoms with E-state index in [4.69, 9.17) is 4.74 Å². The molecular weight excluding hydrogens is 645 g/mol. The van der Waals surface area contributed by atoms with Crippen LogP contribution in [0.25, 0.3) is 0 Å². The third kappa shape index (κ3) is 6.81. The average molecular weight is 685 g/mol. The Hall–Kier alpha value is -6.84. The van der Waals surface area contributed by atoms with Crippen LogP contribution in [-0.2, 0) is 11.1 Å². The number of rotatable bonds is 12. The number of benzene rings is 8. The Kier molecular flexibility index (Phi) is 9.54. The van der Waals surface area contributed by atoms with Gasteiger partial charge in [0.25, 0.3) is 0 Å². The van der Waals surface area contributed by atoms with Crippen molar-refractivity contribution in [2.45, 2.75) is 11.1 Å². The van der Waals surface area contributed by atoms with Gasteiger partial charge in [-0.25, -0.2) is 0 Å². The Labute approximate surface area is 312 Å². The van der Waals surface area contributed by atoms with Crippen molar-refractivity contribution in [3.05, 3.63) is 264 Å². The van der Waals surface area contributed by atoms with Gasteiger partial charge in [-0.05, 0) is 81.9 Å². The summed E-state index contributed by atoms with van der Waals surface area (Å²) in [5.41, 5.74) is 7.67. The zero-order valence-electron chi connectivity index (χ0n) is 29.3. The van der Waals surface area contributed by atoms with E-state index in [1.165, 1.54) is 0 Å². The maximum absolute atomic E-state index is 6.40. The maximum atomic E-state index is 6.40. The molecule has 53 heavy (non-hydrogen) atoms. The van der Waals surface area contributed by atoms with Crippen LogP contribution in [0.3, 0.4) is 0 Å². The Balaban J connectivity index is 1.07. The maximum Gasteiger partial charge on any atom is 0.127 e. The van der Waals surface area contributed by atoms with Crippen LogP contribution in [0.2, 0.25) is 0 Å². The first kappa shape index (κ1) is 33.3. The van der Waals surface area contributed by atoms with Crippen LogP contribution in [0, 0.1) is 0 Å². The predicted octanol–water partition coefficient (Wildman–Crippen LogP) is 12.3. The summed E-state index contributed by atoms with van der Waals surface area (Å²) in [6.07, 6.45) is 0. The molecule has 0 aliphatic rings. The lowest BCUT2D eigenvalue weighted by molar-refractivity contribution is 0.482. The third-order valence-electron chi connectivity index (χ3n) is 9.85. The minimum atomic E-state index is -0.608. The summed E-state index contributed by atoms with van der Waals surface area (Å²) < 4.78 is 6.40. The van der Waals surface area contributed by atoms with Gasteiger partial charge in [-0.2, -0.15) is 0 Å². The highest BCUT2D eigenvalue weighted by Gasteiger charge is 2.37. The standard InChI is InChI=1S/C50H40N2O/c1-7-19-39(20-8-1)49(40-21-9-2-10-22-40,41-23-11-3-12-24-41)51-45-31-35-47(36-32-45)53-48-37-33-46(34-38-48)52-50(42-25-13-4-14-26-42,43-27-15-5-16-28-43)44-29-17-6-18-30-44/h1-38,51-52H. The Morgan fingerprint density at radius 3 is 0.660 bits per heavy atom. The summed E-state index contributed by atoms with van der Waals surface area (Å²) in [6.45, 7) is 0. The smallest absolute Gasteiger partial charge is 0.127 e. The lowest BCUT2D eigenvalue weighted by atomic mass is 9.77. The van der Waals surface area contributed by atoms with E-state index in [-0.39, 0.29) is 0 Å². The molecule has 8 aromatic rings. The van der Waals surface area contributed by atoms with E-state index in [9.17, 15) is 0 Å². The number of anilines is 2. The van der Waals surface area contributed by atoms with Crippen molar-refractivity contribution in [3.8, 4) is 11.5 Å². The van der Waals surface area contributed by atoms with Crippen molar-refractivity contribution in [2.24, 2.45) is 0 Å². The fourth-order valence-electron chi connectivity index (χ4n) is 7.34. The van der Waals surface area contributed by atoms with Gasteiger partial charge in [0.2, 0.25) is 0 Å². The molecule has 8 rings (SSSR count). The van der Waals surface area contributed by atoms with Crippen molar-refractivity contribution < 1.29 is 4.74 Å². The predicted molar refractivity (Wildman–Crippen MR) is 219 cm³/mol. The van der Waals surface area contributed by atoms with E-state index < -0.39 is 11.1 Å². The number of hydrogen-bond acceptors (Lipinski definition) is 3. The normalized spacial score (nSPS) is 11.4. The molecule has 0 amide bonds. The van der Waals surface area contributed by atoms with Crippen LogP contribution in [0.15, 0.2) is 231 Å². The second-order valence-corrected chi connectivity index (χ2v) is 13.1. The molecule has 0 radical (unpaired) electrons. The molecule has 8 aromatic carbocycles. The summed E-state index contributed by atoms with van der Waals surface area (Å²) in [5, 5.41) is 7.88. The quantitative estimate of drug-likeness (QED) is 0.126. The van der Waals surface area contributed by atoms with Crippen molar-refractivity contribution >= 4 is 11.4 Å². The molecule has 0 spiro atoms. The molecule has 0 unspecified atom stereocenters. The molecule has 0 aromatic heterocycles. The summed E-state index contributed by atoms with van der Waals surface area (Å²) in [6, 6.07) is 80.2. The SMILES string of the molecule is c1ccc(C(Nc2ccc(Oc3ccc(NC(c4ccccc4)(c4ccccc4)c4ccccc4)cc3)cc2)(c2ccccc2)c2ccccc2)cc1. The molecule has 0 aliphatic carbocycles. The van der Waals surface area contributed by atoms with Crippen LogP contribution in [0.4, 0.5) is 11.4 Å². The molecule has 0 fully saturated rings. The first-order valence-corrected chi connectivity index (χ1v) is 18.0. The van der Waals surface area contributed by atoms with Gasteiger partial charge in [-0.1, -0.05) is 182 Å². The van der Waals surface area contributed by atoms with E-state index in [0.717, 1.165) is 56.3 Å². The first-order chi connectivity index (χ1) is 26.2. The van der Waals surface area contributed by atoms with E-state index in [1.54, 1.807) is 0 Å². The van der Waals surface area contributed by atoms with Gasteiger partial charge in [0.15, 0.2) is 0 Å². The van der Waals surface area contributed by atoms with Crippen LogP contribution in [0.1, 0.15) is 33.4 Å². The zero-order valence-corrected chi connectivity index (χ0v) is 29.3. The van der Waals surface area contributed by atoms with E-state index >= 15 is 0 Å². The average Bonchev–Trinajstić information content (AvgIpc) is 3.25. The lowest BCUT2D eigenvalue weighted by Gasteiger charge is -2.38. The van der Waals surface area contributed by atoms with E-state index in [1.807, 2.05) is 24.3 Å². The third-order valence-corrected chi connectivity index (χ3v) is 9.85. The Bertz CT molecular complexity index is 1950. The second-order valence-electron chi connectivity index (χ2n) is 13.1. The van der Waals surface area contributed by atoms with Gasteiger partial charge in [-0.3, -0.25) is 0 Å². The Morgan fingerprint density at radius 1 is 0.245 bits per heavy atom. The summed E-state index contributed by atoms with van der Waals surface area (Å²) in [4.78, 5) is 0. The van der Waals surface area contributed by atoms with Crippen molar-refractivity contribution in [2.75, 3.05) is 10.6 Å². The first-order valence-electron chi connectivity index (χ1n) is 18.0. The molecule has 3 nitrogen and oxygen atoms in total. The van der Waals surface area contributed by atoms with Gasteiger partial charge in [0.1, 0.15) is 22.6 Å². The van der Waals surface area contributed by atoms with Crippen molar-refractivity contribution in [1.82, 2.24) is 0 Å². The van der Waals surface area contributed by atoms with E-state index in [0.29, 0.717) is 0 Å². The lowest BCUT2D eigenvalue weighted by Crippen LogP contribution is -2.38. The van der Waals surface area contributed by atoms with Gasteiger partial charge >= 0.3 is 0 Å². The summed E-state index contributed by atoms with van der Waals surface area (Å²) >= 11 is 0. The monoisotopic (exact) mass is 684 g/mol. The molecule has 3 heteroatoms. The van der Waals surface area contributed by atoms with E-state index in [2.05, 4.69) is 217 Å². The van der Waals surface area contributed by atoms with Crippen LogP contribution >= 0.6 is 0 Å². The molecule has 256 valence electrons. The van der Waals surface area contributed by atoms with Gasteiger partial charge in [-0.15, -0.1) is 0 Å². The van der Waals surface area contributed by atoms with Gasteiger partial charge in [0, 0.05) is 11.4 Å². The summed E-state index contributed by atoms with van der Waals surface area (Å²) in [5.74, 6) is 1.52. The van der Waals surface area contributed by atoms with Crippen molar-refractivity contribution in [3.63, 3.8) is 0 Å². The van der Waals surface area contributed by atoms with Crippen LogP contribution < -0.4 is 15.4 Å². The highest BCUT2D eigenvalue weighted by atomic mass is 16.5. The topological polar surface area (TPSA) is 33.3 Å². The molecular formula is C50H40N2O. The van der Waals surface area contributed by atoms with Gasteiger partial charge < -0.3 is 15.4 Å². The minimum Gasteiger partial charge on any atom is -0.457 e. The van der Waals surface area contributed by atoms with Crippen LogP contribution in [0.5, 0.6) is 11.5 Å². The molecule has 0 bridgehead atoms. The van der Waals surface area contributed by atoms with Gasteiger partial charge in [0.05, 0.1) is 0 Å². The fourth-order valence-corrected chi connectivity index (χ4v) is 7.34. The zero-order chi connectivity index (χ0) is 35.8. The number of hydrogen-bond donors (Lipinski definition) is 2. The molecule has 2 N–H and O–H groups in total. The summed E-state index contributed by atoms with van der Waals surface area (Å²) in [7, 11) is 0. The Morgan fingerprint density at radius 2 is 0.453 bits per heavy atom. The fraction of sp³-hybridized carbons (Fsp3) is 0.0400. The highest BCUT2D eigenvalue weighted by Crippen LogP contribution is 2.42. The largest absolute Gasteiger partial charge is 0.457 e. The molecule has 0 atom stereocenters. The molecule has 0 saturated carbocycles. The molecule has 0 saturated heterocycles. The van der Waals surface area contributed by atoms with Crippen molar-refractivity contribution in [1.29, 1.82) is 0 Å². The number of nitrogens with one attached hydrogen (secondary N) is 2. The highest BCUT2D eigenvalue weighted by molar-refractivity contribution is 5.63. The number of ether oxygens (including phenoxy) is 1. The molecule has 0 heterocycles. The minimum absolute atomic E-state index is 0.608. The van der Waals surface area contributed by atoms with Crippen LogP contribution in [-0.4, -0.2) is 0 Å². The molecule has 0 aliphatic heterocycles. The second kappa shape index (κ2) is 15.2.